The standard InChI is InChI=1S/C10H16N2O/c1-3-6-11-8(2)10-5-4-9(13)7-12-10/h4-5,7-8,11,13H,3,6H2,1-2H3. The van der Waals surface area contributed by atoms with E-state index in [2.05, 4.69) is 24.1 Å². The van der Waals surface area contributed by atoms with Crippen molar-refractivity contribution < 1.29 is 5.11 Å². The predicted molar refractivity (Wildman–Crippen MR) is 52.6 cm³/mol. The van der Waals surface area contributed by atoms with E-state index in [0.717, 1.165) is 18.7 Å². The van der Waals surface area contributed by atoms with Gasteiger partial charge in [0.15, 0.2) is 0 Å². The number of aromatic hydroxyl groups is 1. The van der Waals surface area contributed by atoms with Crippen molar-refractivity contribution in [3.05, 3.63) is 24.0 Å². The minimum Gasteiger partial charge on any atom is -0.506 e. The minimum atomic E-state index is 0.214. The molecule has 0 aliphatic heterocycles. The topological polar surface area (TPSA) is 45.1 Å². The second kappa shape index (κ2) is 4.82. The lowest BCUT2D eigenvalue weighted by atomic mass is 10.2. The van der Waals surface area contributed by atoms with Gasteiger partial charge < -0.3 is 10.4 Å². The van der Waals surface area contributed by atoms with Gasteiger partial charge in [0.1, 0.15) is 5.75 Å². The molecule has 3 heteroatoms. The number of aromatic nitrogens is 1. The first-order valence-electron chi connectivity index (χ1n) is 4.62. The monoisotopic (exact) mass is 180 g/mol. The molecule has 0 amide bonds. The van der Waals surface area contributed by atoms with Gasteiger partial charge in [0.2, 0.25) is 0 Å². The molecule has 1 rings (SSSR count). The summed E-state index contributed by atoms with van der Waals surface area (Å²) in [5.74, 6) is 0.214. The molecule has 1 heterocycles. The fraction of sp³-hybridized carbons (Fsp3) is 0.500. The quantitative estimate of drug-likeness (QED) is 0.743. The van der Waals surface area contributed by atoms with E-state index in [1.165, 1.54) is 6.20 Å². The average Bonchev–Trinajstić information content (AvgIpc) is 2.15. The van der Waals surface area contributed by atoms with Crippen LogP contribution in [0.2, 0.25) is 0 Å². The largest absolute Gasteiger partial charge is 0.506 e. The van der Waals surface area contributed by atoms with Crippen molar-refractivity contribution in [3.8, 4) is 5.75 Å². The summed E-state index contributed by atoms with van der Waals surface area (Å²) in [5.41, 5.74) is 0.964. The Labute approximate surface area is 78.8 Å². The number of hydrogen-bond acceptors (Lipinski definition) is 3. The van der Waals surface area contributed by atoms with E-state index in [9.17, 15) is 0 Å². The molecule has 0 bridgehead atoms. The van der Waals surface area contributed by atoms with Gasteiger partial charge in [-0.15, -0.1) is 0 Å². The normalized spacial score (nSPS) is 12.8. The fourth-order valence-corrected chi connectivity index (χ4v) is 1.12. The Bertz CT molecular complexity index is 246. The summed E-state index contributed by atoms with van der Waals surface area (Å²) < 4.78 is 0. The Kier molecular flexibility index (Phi) is 3.71. The summed E-state index contributed by atoms with van der Waals surface area (Å²) >= 11 is 0. The van der Waals surface area contributed by atoms with Crippen LogP contribution in [0, 0.1) is 0 Å². The molecule has 72 valence electrons. The number of nitrogens with zero attached hydrogens (tertiary/aromatic N) is 1. The molecule has 0 aliphatic carbocycles. The van der Waals surface area contributed by atoms with E-state index in [-0.39, 0.29) is 11.8 Å². The van der Waals surface area contributed by atoms with Crippen LogP contribution in [0.15, 0.2) is 18.3 Å². The van der Waals surface area contributed by atoms with Gasteiger partial charge in [0, 0.05) is 6.04 Å². The third-order valence-corrected chi connectivity index (χ3v) is 1.91. The van der Waals surface area contributed by atoms with Crippen molar-refractivity contribution in [2.45, 2.75) is 26.3 Å². The van der Waals surface area contributed by atoms with Crippen LogP contribution in [0.4, 0.5) is 0 Å². The van der Waals surface area contributed by atoms with E-state index in [4.69, 9.17) is 5.11 Å². The molecule has 0 saturated heterocycles. The first kappa shape index (κ1) is 9.99. The summed E-state index contributed by atoms with van der Waals surface area (Å²) in [7, 11) is 0. The molecule has 1 atom stereocenters. The van der Waals surface area contributed by atoms with Crippen LogP contribution in [-0.2, 0) is 0 Å². The Balaban J connectivity index is 2.55. The molecule has 0 aliphatic rings. The molecule has 0 radical (unpaired) electrons. The summed E-state index contributed by atoms with van der Waals surface area (Å²) in [6.07, 6.45) is 2.59. The number of hydrogen-bond donors (Lipinski definition) is 2. The molecule has 2 N–H and O–H groups in total. The highest BCUT2D eigenvalue weighted by atomic mass is 16.3. The van der Waals surface area contributed by atoms with Crippen molar-refractivity contribution in [3.63, 3.8) is 0 Å². The number of rotatable bonds is 4. The molecule has 0 spiro atoms. The summed E-state index contributed by atoms with van der Waals surface area (Å²) in [6, 6.07) is 3.75. The van der Waals surface area contributed by atoms with E-state index in [1.54, 1.807) is 6.07 Å². The molecule has 1 unspecified atom stereocenters. The lowest BCUT2D eigenvalue weighted by Crippen LogP contribution is -2.19. The summed E-state index contributed by atoms with van der Waals surface area (Å²) in [5, 5.41) is 12.4. The van der Waals surface area contributed by atoms with Gasteiger partial charge in [0.25, 0.3) is 0 Å². The van der Waals surface area contributed by atoms with Crippen LogP contribution in [0.1, 0.15) is 32.0 Å². The van der Waals surface area contributed by atoms with Crippen LogP contribution in [-0.4, -0.2) is 16.6 Å². The Morgan fingerprint density at radius 2 is 2.31 bits per heavy atom. The predicted octanol–water partition coefficient (Wildman–Crippen LogP) is 1.85. The Hall–Kier alpha value is -1.09. The second-order valence-electron chi connectivity index (χ2n) is 3.12. The zero-order valence-corrected chi connectivity index (χ0v) is 8.12. The van der Waals surface area contributed by atoms with Crippen LogP contribution < -0.4 is 5.32 Å². The first-order chi connectivity index (χ1) is 6.24. The van der Waals surface area contributed by atoms with Gasteiger partial charge in [-0.2, -0.15) is 0 Å². The van der Waals surface area contributed by atoms with Crippen molar-refractivity contribution in [2.75, 3.05) is 6.54 Å². The van der Waals surface area contributed by atoms with Gasteiger partial charge in [-0.1, -0.05) is 6.92 Å². The van der Waals surface area contributed by atoms with E-state index in [1.807, 2.05) is 6.07 Å². The third-order valence-electron chi connectivity index (χ3n) is 1.91. The van der Waals surface area contributed by atoms with Crippen molar-refractivity contribution in [2.24, 2.45) is 0 Å². The lowest BCUT2D eigenvalue weighted by molar-refractivity contribution is 0.470. The van der Waals surface area contributed by atoms with Gasteiger partial charge in [-0.05, 0) is 32.0 Å². The van der Waals surface area contributed by atoms with Gasteiger partial charge in [0.05, 0.1) is 11.9 Å². The van der Waals surface area contributed by atoms with Gasteiger partial charge >= 0.3 is 0 Å². The van der Waals surface area contributed by atoms with Crippen molar-refractivity contribution in [1.82, 2.24) is 10.3 Å². The van der Waals surface area contributed by atoms with Crippen molar-refractivity contribution >= 4 is 0 Å². The molecule has 1 aromatic rings. The highest BCUT2D eigenvalue weighted by molar-refractivity contribution is 5.19. The van der Waals surface area contributed by atoms with Crippen LogP contribution in [0.3, 0.4) is 0 Å². The molecule has 0 fully saturated rings. The zero-order chi connectivity index (χ0) is 9.68. The Morgan fingerprint density at radius 3 is 2.85 bits per heavy atom. The average molecular weight is 180 g/mol. The van der Waals surface area contributed by atoms with Gasteiger partial charge in [-0.25, -0.2) is 0 Å². The molecular weight excluding hydrogens is 164 g/mol. The Morgan fingerprint density at radius 1 is 1.54 bits per heavy atom. The fourth-order valence-electron chi connectivity index (χ4n) is 1.12. The summed E-state index contributed by atoms with van der Waals surface area (Å²) in [4.78, 5) is 4.12. The molecule has 3 nitrogen and oxygen atoms in total. The highest BCUT2D eigenvalue weighted by Crippen LogP contribution is 2.12. The van der Waals surface area contributed by atoms with Crippen LogP contribution >= 0.6 is 0 Å². The zero-order valence-electron chi connectivity index (χ0n) is 8.12. The minimum absolute atomic E-state index is 0.214. The molecule has 13 heavy (non-hydrogen) atoms. The van der Waals surface area contributed by atoms with E-state index < -0.39 is 0 Å². The maximum Gasteiger partial charge on any atom is 0.133 e. The molecule has 0 aromatic carbocycles. The second-order valence-corrected chi connectivity index (χ2v) is 3.12. The van der Waals surface area contributed by atoms with E-state index in [0.29, 0.717) is 0 Å². The van der Waals surface area contributed by atoms with Crippen LogP contribution in [0.5, 0.6) is 5.75 Å². The highest BCUT2D eigenvalue weighted by Gasteiger charge is 2.04. The van der Waals surface area contributed by atoms with Crippen molar-refractivity contribution in [1.29, 1.82) is 0 Å². The molecule has 1 aromatic heterocycles. The van der Waals surface area contributed by atoms with Crippen LogP contribution in [0.25, 0.3) is 0 Å². The molecular formula is C10H16N2O. The maximum atomic E-state index is 9.03. The van der Waals surface area contributed by atoms with Gasteiger partial charge in [-0.3, -0.25) is 4.98 Å². The SMILES string of the molecule is CCCNC(C)c1ccc(O)cn1. The number of nitrogens with one attached hydrogen (secondary N) is 1. The third kappa shape index (κ3) is 3.03. The first-order valence-corrected chi connectivity index (χ1v) is 4.62. The summed E-state index contributed by atoms with van der Waals surface area (Å²) in [6.45, 7) is 5.18. The number of pyridine rings is 1. The maximum absolute atomic E-state index is 9.03. The lowest BCUT2D eigenvalue weighted by Gasteiger charge is -2.11. The molecule has 0 saturated carbocycles. The smallest absolute Gasteiger partial charge is 0.133 e. The van der Waals surface area contributed by atoms with E-state index >= 15 is 0 Å².